The minimum atomic E-state index is -0.581. The van der Waals surface area contributed by atoms with E-state index in [0.717, 1.165) is 21.4 Å². The van der Waals surface area contributed by atoms with Gasteiger partial charge < -0.3 is 10.4 Å². The fraction of sp³-hybridized carbons (Fsp3) is 0.250. The summed E-state index contributed by atoms with van der Waals surface area (Å²) < 4.78 is 0.791. The SMILES string of the molecule is CC1(C)CC(=O)C2=C(C1)NC1=C(C(=O)c3ccccc31)[C@@H]2c1cc(Br)ccc1O. The maximum absolute atomic E-state index is 13.4. The Hall–Kier alpha value is -2.66. The van der Waals surface area contributed by atoms with E-state index in [0.29, 0.717) is 35.1 Å². The number of carbonyl (C=O) groups excluding carboxylic acids is 2. The van der Waals surface area contributed by atoms with Crippen LogP contribution in [0.3, 0.4) is 0 Å². The van der Waals surface area contributed by atoms with Crippen molar-refractivity contribution in [1.82, 2.24) is 5.32 Å². The monoisotopic (exact) mass is 449 g/mol. The van der Waals surface area contributed by atoms with Crippen LogP contribution in [0.15, 0.2) is 63.8 Å². The first-order chi connectivity index (χ1) is 13.8. The molecule has 2 aromatic carbocycles. The lowest BCUT2D eigenvalue weighted by molar-refractivity contribution is -0.118. The van der Waals surface area contributed by atoms with E-state index >= 15 is 0 Å². The molecule has 0 aromatic heterocycles. The van der Waals surface area contributed by atoms with E-state index in [-0.39, 0.29) is 22.7 Å². The predicted molar refractivity (Wildman–Crippen MR) is 114 cm³/mol. The van der Waals surface area contributed by atoms with Gasteiger partial charge in [-0.2, -0.15) is 0 Å². The normalized spacial score (nSPS) is 22.2. The predicted octanol–water partition coefficient (Wildman–Crippen LogP) is 5.09. The number of carbonyl (C=O) groups is 2. The fourth-order valence-electron chi connectivity index (χ4n) is 4.86. The molecule has 1 atom stereocenters. The third-order valence-corrected chi connectivity index (χ3v) is 6.52. The molecule has 29 heavy (non-hydrogen) atoms. The van der Waals surface area contributed by atoms with E-state index in [4.69, 9.17) is 0 Å². The molecule has 5 rings (SSSR count). The van der Waals surface area contributed by atoms with Crippen molar-refractivity contribution < 1.29 is 14.7 Å². The van der Waals surface area contributed by atoms with E-state index in [9.17, 15) is 14.7 Å². The average molecular weight is 450 g/mol. The number of rotatable bonds is 1. The maximum atomic E-state index is 13.4. The second kappa shape index (κ2) is 6.17. The molecule has 146 valence electrons. The van der Waals surface area contributed by atoms with E-state index in [1.54, 1.807) is 12.1 Å². The molecular weight excluding hydrogens is 430 g/mol. The third-order valence-electron chi connectivity index (χ3n) is 6.03. The number of allylic oxidation sites excluding steroid dienone is 3. The van der Waals surface area contributed by atoms with Crippen LogP contribution in [0.1, 0.15) is 54.1 Å². The second-order valence-electron chi connectivity index (χ2n) is 8.76. The van der Waals surface area contributed by atoms with Crippen LogP contribution in [0.4, 0.5) is 0 Å². The molecule has 2 aromatic rings. The molecule has 4 nitrogen and oxygen atoms in total. The van der Waals surface area contributed by atoms with Gasteiger partial charge in [-0.3, -0.25) is 9.59 Å². The Morgan fingerprint density at radius 2 is 1.76 bits per heavy atom. The van der Waals surface area contributed by atoms with Crippen molar-refractivity contribution >= 4 is 33.2 Å². The van der Waals surface area contributed by atoms with Crippen LogP contribution in [-0.4, -0.2) is 16.7 Å². The van der Waals surface area contributed by atoms with Crippen molar-refractivity contribution in [2.45, 2.75) is 32.6 Å². The Balaban J connectivity index is 1.79. The van der Waals surface area contributed by atoms with Gasteiger partial charge in [0.2, 0.25) is 0 Å². The summed E-state index contributed by atoms with van der Waals surface area (Å²) >= 11 is 3.47. The van der Waals surface area contributed by atoms with Crippen LogP contribution < -0.4 is 5.32 Å². The van der Waals surface area contributed by atoms with Crippen LogP contribution in [0.5, 0.6) is 5.75 Å². The summed E-state index contributed by atoms with van der Waals surface area (Å²) in [5.74, 6) is -0.553. The van der Waals surface area contributed by atoms with Gasteiger partial charge in [-0.05, 0) is 30.0 Å². The standard InChI is InChI=1S/C24H20BrNO3/c1-24(2)10-16-20(18(28)11-24)19(15-9-12(25)7-8-17(15)27)21-22(26-16)13-5-3-4-6-14(13)23(21)29/h3-9,19,26-27H,10-11H2,1-2H3/t19-/m1/s1. The summed E-state index contributed by atoms with van der Waals surface area (Å²) in [5.41, 5.74) is 4.69. The highest BCUT2D eigenvalue weighted by Gasteiger charge is 2.47. The van der Waals surface area contributed by atoms with Crippen LogP contribution >= 0.6 is 15.9 Å². The summed E-state index contributed by atoms with van der Waals surface area (Å²) in [6, 6.07) is 12.7. The van der Waals surface area contributed by atoms with Gasteiger partial charge in [-0.25, -0.2) is 0 Å². The molecule has 2 N–H and O–H groups in total. The number of hydrogen-bond acceptors (Lipinski definition) is 4. The Labute approximate surface area is 177 Å². The van der Waals surface area contributed by atoms with Crippen LogP contribution in [-0.2, 0) is 4.79 Å². The summed E-state index contributed by atoms with van der Waals surface area (Å²) in [7, 11) is 0. The fourth-order valence-corrected chi connectivity index (χ4v) is 5.24. The largest absolute Gasteiger partial charge is 0.508 e. The van der Waals surface area contributed by atoms with E-state index < -0.39 is 5.92 Å². The van der Waals surface area contributed by atoms with Crippen molar-refractivity contribution in [3.05, 3.63) is 80.5 Å². The van der Waals surface area contributed by atoms with Crippen molar-refractivity contribution in [3.63, 3.8) is 0 Å². The lowest BCUT2D eigenvalue weighted by Gasteiger charge is -2.39. The average Bonchev–Trinajstić information content (AvgIpc) is 2.94. The number of benzene rings is 2. The van der Waals surface area contributed by atoms with E-state index in [1.807, 2.05) is 30.3 Å². The number of fused-ring (bicyclic) bond motifs is 2. The van der Waals surface area contributed by atoms with Crippen molar-refractivity contribution in [3.8, 4) is 5.75 Å². The summed E-state index contributed by atoms with van der Waals surface area (Å²) in [4.78, 5) is 26.7. The first kappa shape index (κ1) is 18.4. The summed E-state index contributed by atoms with van der Waals surface area (Å²) in [6.07, 6.45) is 1.13. The molecule has 0 fully saturated rings. The minimum Gasteiger partial charge on any atom is -0.508 e. The Morgan fingerprint density at radius 3 is 2.52 bits per heavy atom. The highest BCUT2D eigenvalue weighted by atomic mass is 79.9. The molecule has 0 saturated heterocycles. The number of phenolic OH excluding ortho intramolecular Hbond substituents is 1. The second-order valence-corrected chi connectivity index (χ2v) is 9.67. The molecule has 0 unspecified atom stereocenters. The zero-order valence-electron chi connectivity index (χ0n) is 16.2. The minimum absolute atomic E-state index is 0.0310. The molecule has 0 bridgehead atoms. The van der Waals surface area contributed by atoms with Crippen LogP contribution in [0, 0.1) is 5.41 Å². The van der Waals surface area contributed by atoms with Crippen LogP contribution in [0.2, 0.25) is 0 Å². The van der Waals surface area contributed by atoms with E-state index in [2.05, 4.69) is 35.1 Å². The van der Waals surface area contributed by atoms with Crippen LogP contribution in [0.25, 0.3) is 5.70 Å². The summed E-state index contributed by atoms with van der Waals surface area (Å²) in [6.45, 7) is 4.17. The molecule has 2 aliphatic carbocycles. The molecule has 0 saturated carbocycles. The number of hydrogen-bond donors (Lipinski definition) is 2. The lowest BCUT2D eigenvalue weighted by Crippen LogP contribution is -2.37. The van der Waals surface area contributed by atoms with E-state index in [1.165, 1.54) is 0 Å². The van der Waals surface area contributed by atoms with Crippen molar-refractivity contribution in [1.29, 1.82) is 0 Å². The van der Waals surface area contributed by atoms with Gasteiger partial charge in [0.1, 0.15) is 5.75 Å². The molecule has 5 heteroatoms. The van der Waals surface area contributed by atoms with Gasteiger partial charge in [0.25, 0.3) is 0 Å². The number of aromatic hydroxyl groups is 1. The molecule has 0 spiro atoms. The number of Topliss-reactive ketones (excluding diaryl/α,β-unsaturated/α-hetero) is 2. The Bertz CT molecular complexity index is 1170. The number of ketones is 2. The number of phenols is 1. The highest BCUT2D eigenvalue weighted by Crippen LogP contribution is 2.52. The smallest absolute Gasteiger partial charge is 0.192 e. The topological polar surface area (TPSA) is 66.4 Å². The molecule has 0 amide bonds. The molecular formula is C24H20BrNO3. The molecule has 1 heterocycles. The van der Waals surface area contributed by atoms with Gasteiger partial charge in [0.15, 0.2) is 11.6 Å². The number of nitrogens with one attached hydrogen (secondary N) is 1. The lowest BCUT2D eigenvalue weighted by atomic mass is 9.68. The van der Waals surface area contributed by atoms with Gasteiger partial charge >= 0.3 is 0 Å². The van der Waals surface area contributed by atoms with Crippen molar-refractivity contribution in [2.24, 2.45) is 5.41 Å². The zero-order valence-corrected chi connectivity index (χ0v) is 17.8. The summed E-state index contributed by atoms with van der Waals surface area (Å²) in [5, 5.41) is 14.1. The van der Waals surface area contributed by atoms with Gasteiger partial charge in [0.05, 0.1) is 5.70 Å². The highest BCUT2D eigenvalue weighted by molar-refractivity contribution is 9.10. The Morgan fingerprint density at radius 1 is 1.03 bits per heavy atom. The third kappa shape index (κ3) is 2.71. The van der Waals surface area contributed by atoms with Gasteiger partial charge in [0, 0.05) is 50.3 Å². The molecule has 0 radical (unpaired) electrons. The number of halogens is 1. The zero-order chi connectivity index (χ0) is 20.5. The quantitative estimate of drug-likeness (QED) is 0.635. The van der Waals surface area contributed by atoms with Gasteiger partial charge in [-0.15, -0.1) is 0 Å². The first-order valence-corrected chi connectivity index (χ1v) is 10.5. The molecule has 1 aliphatic heterocycles. The maximum Gasteiger partial charge on any atom is 0.192 e. The molecule has 3 aliphatic rings. The Kier molecular flexibility index (Phi) is 3.91. The van der Waals surface area contributed by atoms with Gasteiger partial charge in [-0.1, -0.05) is 54.0 Å². The van der Waals surface area contributed by atoms with Crippen molar-refractivity contribution in [2.75, 3.05) is 0 Å². The number of dihydropyridines is 1. The first-order valence-electron chi connectivity index (χ1n) is 9.67.